The number of thiazole rings is 1. The van der Waals surface area contributed by atoms with Crippen LogP contribution in [-0.2, 0) is 6.18 Å². The van der Waals surface area contributed by atoms with Gasteiger partial charge < -0.3 is 10.5 Å². The van der Waals surface area contributed by atoms with Crippen molar-refractivity contribution < 1.29 is 18.4 Å². The fourth-order valence-electron chi connectivity index (χ4n) is 1.41. The van der Waals surface area contributed by atoms with Crippen LogP contribution in [0, 0.1) is 0 Å². The molecule has 0 unspecified atom stereocenters. The summed E-state index contributed by atoms with van der Waals surface area (Å²) >= 11 is 1.23. The van der Waals surface area contributed by atoms with Gasteiger partial charge in [-0.3, -0.25) is 0 Å². The van der Waals surface area contributed by atoms with Gasteiger partial charge in [0.05, 0.1) is 16.2 Å². The van der Waals surface area contributed by atoms with Crippen molar-refractivity contribution in [2.24, 2.45) is 5.16 Å². The van der Waals surface area contributed by atoms with Crippen molar-refractivity contribution in [1.29, 1.82) is 0 Å². The molecule has 0 saturated carbocycles. The summed E-state index contributed by atoms with van der Waals surface area (Å²) in [5.74, 6) is 0. The van der Waals surface area contributed by atoms with Gasteiger partial charge in [0.25, 0.3) is 0 Å². The standard InChI is InChI=1S/C12H10F3N3OS/c1-7(18-19)10-6-16-11(20-10)17-9-4-2-8(3-5-9)12(13,14)15/h2-6,19H,1H3,(H,16,17)/b18-7-. The van der Waals surface area contributed by atoms with Crippen LogP contribution in [-0.4, -0.2) is 15.9 Å². The van der Waals surface area contributed by atoms with Gasteiger partial charge in [0.15, 0.2) is 5.13 Å². The molecular weight excluding hydrogens is 291 g/mol. The SMILES string of the molecule is C/C(=N/O)c1cnc(Nc2ccc(C(F)(F)F)cc2)s1. The van der Waals surface area contributed by atoms with Crippen molar-refractivity contribution in [2.75, 3.05) is 5.32 Å². The normalized spacial score (nSPS) is 12.5. The van der Waals surface area contributed by atoms with E-state index in [1.54, 1.807) is 6.92 Å². The fourth-order valence-corrected chi connectivity index (χ4v) is 2.19. The number of hydrogen-bond acceptors (Lipinski definition) is 5. The predicted molar refractivity (Wildman–Crippen MR) is 70.8 cm³/mol. The van der Waals surface area contributed by atoms with Crippen molar-refractivity contribution >= 4 is 27.9 Å². The van der Waals surface area contributed by atoms with Crippen LogP contribution in [0.5, 0.6) is 0 Å². The lowest BCUT2D eigenvalue weighted by molar-refractivity contribution is -0.137. The van der Waals surface area contributed by atoms with E-state index in [9.17, 15) is 13.2 Å². The summed E-state index contributed by atoms with van der Waals surface area (Å²) in [6.07, 6.45) is -2.83. The summed E-state index contributed by atoms with van der Waals surface area (Å²) in [6, 6.07) is 4.66. The third-order valence-electron chi connectivity index (χ3n) is 2.48. The Morgan fingerprint density at radius 1 is 1.30 bits per heavy atom. The molecule has 0 fully saturated rings. The number of halogens is 3. The molecular formula is C12H10F3N3OS. The first-order valence-corrected chi connectivity index (χ1v) is 6.31. The zero-order chi connectivity index (χ0) is 14.8. The minimum Gasteiger partial charge on any atom is -0.411 e. The first-order valence-electron chi connectivity index (χ1n) is 5.49. The van der Waals surface area contributed by atoms with Gasteiger partial charge in [0, 0.05) is 11.9 Å². The molecule has 106 valence electrons. The highest BCUT2D eigenvalue weighted by Gasteiger charge is 2.29. The maximum atomic E-state index is 12.4. The van der Waals surface area contributed by atoms with Crippen LogP contribution in [0.15, 0.2) is 35.6 Å². The predicted octanol–water partition coefficient (Wildman–Crippen LogP) is 4.10. The number of hydrogen-bond donors (Lipinski definition) is 2. The summed E-state index contributed by atoms with van der Waals surface area (Å²) < 4.78 is 37.2. The average molecular weight is 301 g/mol. The zero-order valence-corrected chi connectivity index (χ0v) is 11.1. The second-order valence-corrected chi connectivity index (χ2v) is 4.95. The molecule has 0 atom stereocenters. The molecule has 2 N–H and O–H groups in total. The number of anilines is 2. The highest BCUT2D eigenvalue weighted by Crippen LogP contribution is 2.30. The summed E-state index contributed by atoms with van der Waals surface area (Å²) in [7, 11) is 0. The number of aromatic nitrogens is 1. The van der Waals surface area contributed by atoms with Crippen molar-refractivity contribution in [2.45, 2.75) is 13.1 Å². The van der Waals surface area contributed by atoms with Crippen molar-refractivity contribution in [3.63, 3.8) is 0 Å². The monoisotopic (exact) mass is 301 g/mol. The Kier molecular flexibility index (Phi) is 3.93. The van der Waals surface area contributed by atoms with E-state index in [-0.39, 0.29) is 0 Å². The van der Waals surface area contributed by atoms with E-state index in [1.165, 1.54) is 29.7 Å². The van der Waals surface area contributed by atoms with Crippen LogP contribution in [0.3, 0.4) is 0 Å². The van der Waals surface area contributed by atoms with Crippen LogP contribution >= 0.6 is 11.3 Å². The molecule has 0 aliphatic heterocycles. The molecule has 4 nitrogen and oxygen atoms in total. The van der Waals surface area contributed by atoms with E-state index in [0.717, 1.165) is 12.1 Å². The molecule has 0 spiro atoms. The van der Waals surface area contributed by atoms with Gasteiger partial charge in [-0.25, -0.2) is 4.98 Å². The van der Waals surface area contributed by atoms with Gasteiger partial charge in [0.2, 0.25) is 0 Å². The van der Waals surface area contributed by atoms with Gasteiger partial charge in [-0.2, -0.15) is 13.2 Å². The Morgan fingerprint density at radius 3 is 2.50 bits per heavy atom. The first kappa shape index (κ1) is 14.3. The Hall–Kier alpha value is -2.09. The van der Waals surface area contributed by atoms with E-state index in [4.69, 9.17) is 5.21 Å². The number of alkyl halides is 3. The molecule has 2 rings (SSSR count). The molecule has 0 aliphatic carbocycles. The summed E-state index contributed by atoms with van der Waals surface area (Å²) in [4.78, 5) is 4.71. The van der Waals surface area contributed by atoms with E-state index >= 15 is 0 Å². The van der Waals surface area contributed by atoms with E-state index in [1.807, 2.05) is 0 Å². The van der Waals surface area contributed by atoms with Crippen molar-refractivity contribution in [3.05, 3.63) is 40.9 Å². The van der Waals surface area contributed by atoms with Gasteiger partial charge in [-0.1, -0.05) is 16.5 Å². The van der Waals surface area contributed by atoms with Crippen molar-refractivity contribution in [1.82, 2.24) is 4.98 Å². The molecule has 20 heavy (non-hydrogen) atoms. The molecule has 1 aromatic carbocycles. The molecule has 0 amide bonds. The molecule has 1 aromatic heterocycles. The molecule has 0 radical (unpaired) electrons. The van der Waals surface area contributed by atoms with E-state index < -0.39 is 11.7 Å². The Labute approximate surface area is 116 Å². The number of oxime groups is 1. The van der Waals surface area contributed by atoms with Gasteiger partial charge in [0.1, 0.15) is 0 Å². The fraction of sp³-hybridized carbons (Fsp3) is 0.167. The topological polar surface area (TPSA) is 57.5 Å². The summed E-state index contributed by atoms with van der Waals surface area (Å²) in [5.41, 5.74) is 0.214. The Bertz CT molecular complexity index is 620. The largest absolute Gasteiger partial charge is 0.416 e. The second-order valence-electron chi connectivity index (χ2n) is 3.92. The second kappa shape index (κ2) is 5.49. The number of benzene rings is 1. The lowest BCUT2D eigenvalue weighted by atomic mass is 10.2. The maximum Gasteiger partial charge on any atom is 0.416 e. The highest BCUT2D eigenvalue weighted by molar-refractivity contribution is 7.17. The van der Waals surface area contributed by atoms with Gasteiger partial charge in [-0.05, 0) is 31.2 Å². The van der Waals surface area contributed by atoms with Crippen LogP contribution in [0.25, 0.3) is 0 Å². The lowest BCUT2D eigenvalue weighted by Gasteiger charge is -2.07. The minimum atomic E-state index is -4.35. The Balaban J connectivity index is 2.12. The van der Waals surface area contributed by atoms with Gasteiger partial charge in [-0.15, -0.1) is 0 Å². The average Bonchev–Trinajstić information content (AvgIpc) is 2.86. The molecule has 0 bridgehead atoms. The quantitative estimate of drug-likeness (QED) is 0.510. The third kappa shape index (κ3) is 3.27. The van der Waals surface area contributed by atoms with E-state index in [2.05, 4.69) is 15.5 Å². The molecule has 0 saturated heterocycles. The number of nitrogens with one attached hydrogen (secondary N) is 1. The minimum absolute atomic E-state index is 0.419. The van der Waals surface area contributed by atoms with Crippen LogP contribution < -0.4 is 5.32 Å². The zero-order valence-electron chi connectivity index (χ0n) is 10.3. The maximum absolute atomic E-state index is 12.4. The van der Waals surface area contributed by atoms with Crippen LogP contribution in [0.1, 0.15) is 17.4 Å². The van der Waals surface area contributed by atoms with E-state index in [0.29, 0.717) is 21.4 Å². The molecule has 8 heteroatoms. The van der Waals surface area contributed by atoms with Crippen LogP contribution in [0.2, 0.25) is 0 Å². The lowest BCUT2D eigenvalue weighted by Crippen LogP contribution is -2.04. The molecule has 2 aromatic rings. The molecule has 0 aliphatic rings. The highest BCUT2D eigenvalue weighted by atomic mass is 32.1. The molecule has 1 heterocycles. The number of rotatable bonds is 3. The van der Waals surface area contributed by atoms with Gasteiger partial charge >= 0.3 is 6.18 Å². The summed E-state index contributed by atoms with van der Waals surface area (Å²) in [6.45, 7) is 1.62. The van der Waals surface area contributed by atoms with Crippen LogP contribution in [0.4, 0.5) is 24.0 Å². The number of nitrogens with zero attached hydrogens (tertiary/aromatic N) is 2. The smallest absolute Gasteiger partial charge is 0.411 e. The Morgan fingerprint density at radius 2 is 1.95 bits per heavy atom. The van der Waals surface area contributed by atoms with Crippen molar-refractivity contribution in [3.8, 4) is 0 Å². The summed E-state index contributed by atoms with van der Waals surface area (Å²) in [5, 5.41) is 15.1. The third-order valence-corrected chi connectivity index (χ3v) is 3.50. The first-order chi connectivity index (χ1) is 9.40.